The molecule has 0 aliphatic carbocycles. The first-order valence-corrected chi connectivity index (χ1v) is 9.97. The van der Waals surface area contributed by atoms with Crippen LogP contribution >= 0.6 is 0 Å². The third-order valence-electron chi connectivity index (χ3n) is 5.10. The summed E-state index contributed by atoms with van der Waals surface area (Å²) in [5.74, 6) is 0.915. The molecule has 1 aliphatic rings. The first-order chi connectivity index (χ1) is 15.1. The topological polar surface area (TPSA) is 107 Å². The van der Waals surface area contributed by atoms with E-state index in [1.807, 2.05) is 37.3 Å². The maximum Gasteiger partial charge on any atom is 0.262 e. The quantitative estimate of drug-likeness (QED) is 0.607. The number of hydrogen-bond donors (Lipinski definition) is 2. The average Bonchev–Trinajstić information content (AvgIpc) is 3.25. The standard InChI is InChI=1S/C22H23N5O4/c1-3-14-6-4-5-7-16(14)25-21(29)12-31-18-9-8-15(10-19(18)30-2)17-11-20(28)26-22-23-13-24-27(17)22/h4-10,13,17H,3,11-12H2,1-2H3,(H,25,29)(H,23,24,26,28)/t17-/m1/s1. The highest BCUT2D eigenvalue weighted by molar-refractivity contribution is 5.92. The van der Waals surface area contributed by atoms with Crippen molar-refractivity contribution in [3.05, 3.63) is 59.9 Å². The first-order valence-electron chi connectivity index (χ1n) is 9.97. The summed E-state index contributed by atoms with van der Waals surface area (Å²) >= 11 is 0. The normalized spacial score (nSPS) is 15.0. The Morgan fingerprint density at radius 3 is 2.90 bits per heavy atom. The molecule has 0 spiro atoms. The molecule has 1 atom stereocenters. The summed E-state index contributed by atoms with van der Waals surface area (Å²) < 4.78 is 12.8. The van der Waals surface area contributed by atoms with Crippen molar-refractivity contribution in [2.45, 2.75) is 25.8 Å². The molecule has 31 heavy (non-hydrogen) atoms. The number of rotatable bonds is 7. The van der Waals surface area contributed by atoms with Gasteiger partial charge in [0.1, 0.15) is 6.33 Å². The van der Waals surface area contributed by atoms with Crippen molar-refractivity contribution in [2.75, 3.05) is 24.4 Å². The molecular weight excluding hydrogens is 398 g/mol. The highest BCUT2D eigenvalue weighted by atomic mass is 16.5. The SMILES string of the molecule is CCc1ccccc1NC(=O)COc1ccc([C@H]2CC(=O)Nc3ncnn32)cc1OC. The van der Waals surface area contributed by atoms with Gasteiger partial charge in [0, 0.05) is 5.69 Å². The number of carbonyl (C=O) groups is 2. The highest BCUT2D eigenvalue weighted by Crippen LogP contribution is 2.35. The minimum Gasteiger partial charge on any atom is -0.493 e. The lowest BCUT2D eigenvalue weighted by Gasteiger charge is -2.24. The first kappa shape index (κ1) is 20.4. The largest absolute Gasteiger partial charge is 0.493 e. The van der Waals surface area contributed by atoms with Crippen LogP contribution in [0.5, 0.6) is 11.5 Å². The van der Waals surface area contributed by atoms with E-state index in [0.717, 1.165) is 23.2 Å². The number of nitrogens with one attached hydrogen (secondary N) is 2. The van der Waals surface area contributed by atoms with E-state index in [4.69, 9.17) is 9.47 Å². The molecule has 0 radical (unpaired) electrons. The molecule has 2 N–H and O–H groups in total. The Labute approximate surface area is 179 Å². The van der Waals surface area contributed by atoms with Crippen molar-refractivity contribution < 1.29 is 19.1 Å². The molecule has 2 heterocycles. The monoisotopic (exact) mass is 421 g/mol. The van der Waals surface area contributed by atoms with Gasteiger partial charge in [0.2, 0.25) is 11.9 Å². The number of amides is 2. The van der Waals surface area contributed by atoms with Gasteiger partial charge in [-0.3, -0.25) is 14.9 Å². The van der Waals surface area contributed by atoms with Crippen LogP contribution in [0.2, 0.25) is 0 Å². The Balaban J connectivity index is 1.47. The van der Waals surface area contributed by atoms with Gasteiger partial charge in [-0.1, -0.05) is 31.2 Å². The fourth-order valence-electron chi connectivity index (χ4n) is 3.56. The molecule has 9 nitrogen and oxygen atoms in total. The zero-order valence-electron chi connectivity index (χ0n) is 17.3. The number of carbonyl (C=O) groups excluding carboxylic acids is 2. The summed E-state index contributed by atoms with van der Waals surface area (Å²) in [6, 6.07) is 12.7. The fraction of sp³-hybridized carbons (Fsp3) is 0.273. The number of aryl methyl sites for hydroxylation is 1. The summed E-state index contributed by atoms with van der Waals surface area (Å²) in [5, 5.41) is 9.77. The van der Waals surface area contributed by atoms with E-state index >= 15 is 0 Å². The van der Waals surface area contributed by atoms with Gasteiger partial charge in [-0.15, -0.1) is 0 Å². The minimum absolute atomic E-state index is 0.131. The Hall–Kier alpha value is -3.88. The van der Waals surface area contributed by atoms with Gasteiger partial charge in [-0.2, -0.15) is 10.1 Å². The molecule has 0 unspecified atom stereocenters. The van der Waals surface area contributed by atoms with E-state index in [-0.39, 0.29) is 30.9 Å². The summed E-state index contributed by atoms with van der Waals surface area (Å²) in [5.41, 5.74) is 2.66. The van der Waals surface area contributed by atoms with Crippen LogP contribution in [0, 0.1) is 0 Å². The predicted molar refractivity (Wildman–Crippen MR) is 114 cm³/mol. The molecule has 9 heteroatoms. The van der Waals surface area contributed by atoms with Crippen LogP contribution in [-0.4, -0.2) is 40.3 Å². The number of aromatic nitrogens is 3. The molecule has 0 fully saturated rings. The van der Waals surface area contributed by atoms with Crippen LogP contribution < -0.4 is 20.1 Å². The van der Waals surface area contributed by atoms with Crippen molar-refractivity contribution >= 4 is 23.5 Å². The number of para-hydroxylation sites is 1. The molecule has 160 valence electrons. The van der Waals surface area contributed by atoms with Gasteiger partial charge in [0.15, 0.2) is 18.1 Å². The molecule has 0 saturated heterocycles. The number of methoxy groups -OCH3 is 1. The number of hydrogen-bond acceptors (Lipinski definition) is 6. The van der Waals surface area contributed by atoms with Crippen LogP contribution in [0.4, 0.5) is 11.6 Å². The van der Waals surface area contributed by atoms with E-state index in [1.54, 1.807) is 16.8 Å². The summed E-state index contributed by atoms with van der Waals surface area (Å²) in [6.07, 6.45) is 2.45. The average molecular weight is 421 g/mol. The van der Waals surface area contributed by atoms with Gasteiger partial charge >= 0.3 is 0 Å². The number of anilines is 2. The molecular formula is C22H23N5O4. The van der Waals surface area contributed by atoms with Gasteiger partial charge < -0.3 is 14.8 Å². The van der Waals surface area contributed by atoms with Gasteiger partial charge in [-0.05, 0) is 35.7 Å². The van der Waals surface area contributed by atoms with Crippen LogP contribution in [0.1, 0.15) is 30.5 Å². The number of fused-ring (bicyclic) bond motifs is 1. The van der Waals surface area contributed by atoms with E-state index in [9.17, 15) is 9.59 Å². The number of ether oxygens (including phenoxy) is 2. The summed E-state index contributed by atoms with van der Waals surface area (Å²) in [4.78, 5) is 28.4. The second-order valence-corrected chi connectivity index (χ2v) is 7.05. The van der Waals surface area contributed by atoms with Crippen molar-refractivity contribution in [3.8, 4) is 11.5 Å². The predicted octanol–water partition coefficient (Wildman–Crippen LogP) is 2.80. The lowest BCUT2D eigenvalue weighted by atomic mass is 10.0. The summed E-state index contributed by atoms with van der Waals surface area (Å²) in [7, 11) is 1.53. The second kappa shape index (κ2) is 8.86. The Bertz CT molecular complexity index is 1110. The van der Waals surface area contributed by atoms with Crippen molar-refractivity contribution in [3.63, 3.8) is 0 Å². The third-order valence-corrected chi connectivity index (χ3v) is 5.10. The molecule has 1 aromatic heterocycles. The van der Waals surface area contributed by atoms with E-state index in [1.165, 1.54) is 13.4 Å². The molecule has 4 rings (SSSR count). The van der Waals surface area contributed by atoms with Crippen LogP contribution in [-0.2, 0) is 16.0 Å². The van der Waals surface area contributed by atoms with E-state index < -0.39 is 0 Å². The second-order valence-electron chi connectivity index (χ2n) is 7.05. The molecule has 0 saturated carbocycles. The fourth-order valence-corrected chi connectivity index (χ4v) is 3.56. The maximum absolute atomic E-state index is 12.4. The van der Waals surface area contributed by atoms with Gasteiger partial charge in [0.05, 0.1) is 19.6 Å². The molecule has 0 bridgehead atoms. The Morgan fingerprint density at radius 1 is 1.26 bits per heavy atom. The third kappa shape index (κ3) is 4.35. The zero-order valence-corrected chi connectivity index (χ0v) is 17.3. The van der Waals surface area contributed by atoms with Gasteiger partial charge in [0.25, 0.3) is 5.91 Å². The van der Waals surface area contributed by atoms with Crippen LogP contribution in [0.3, 0.4) is 0 Å². The van der Waals surface area contributed by atoms with Crippen molar-refractivity contribution in [2.24, 2.45) is 0 Å². The molecule has 2 amide bonds. The molecule has 1 aliphatic heterocycles. The van der Waals surface area contributed by atoms with Crippen molar-refractivity contribution in [1.29, 1.82) is 0 Å². The number of nitrogens with zero attached hydrogens (tertiary/aromatic N) is 3. The zero-order chi connectivity index (χ0) is 21.8. The highest BCUT2D eigenvalue weighted by Gasteiger charge is 2.28. The maximum atomic E-state index is 12.4. The van der Waals surface area contributed by atoms with Crippen molar-refractivity contribution in [1.82, 2.24) is 14.8 Å². The molecule has 3 aromatic rings. The number of benzene rings is 2. The Kier molecular flexibility index (Phi) is 5.83. The minimum atomic E-state index is -0.303. The Morgan fingerprint density at radius 2 is 2.10 bits per heavy atom. The molecule has 2 aromatic carbocycles. The lowest BCUT2D eigenvalue weighted by molar-refractivity contribution is -0.118. The smallest absolute Gasteiger partial charge is 0.262 e. The van der Waals surface area contributed by atoms with Crippen LogP contribution in [0.25, 0.3) is 0 Å². The lowest BCUT2D eigenvalue weighted by Crippen LogP contribution is -2.29. The van der Waals surface area contributed by atoms with Crippen LogP contribution in [0.15, 0.2) is 48.8 Å². The van der Waals surface area contributed by atoms with E-state index in [2.05, 4.69) is 20.7 Å². The van der Waals surface area contributed by atoms with E-state index in [0.29, 0.717) is 17.4 Å². The summed E-state index contributed by atoms with van der Waals surface area (Å²) in [6.45, 7) is 1.87. The van der Waals surface area contributed by atoms with Gasteiger partial charge in [-0.25, -0.2) is 4.68 Å².